The molecule has 1 aromatic rings. The van der Waals surface area contributed by atoms with Crippen LogP contribution in [0.2, 0.25) is 0 Å². The van der Waals surface area contributed by atoms with Crippen molar-refractivity contribution in [2.45, 2.75) is 13.0 Å². The number of aliphatic carboxylic acids is 1. The molecular weight excluding hydrogens is 256 g/mol. The summed E-state index contributed by atoms with van der Waals surface area (Å²) in [5.74, 6) is -0.460. The number of hydrogen-bond acceptors (Lipinski definition) is 5. The molecule has 1 atom stereocenters. The first-order valence-electron chi connectivity index (χ1n) is 5.33. The maximum absolute atomic E-state index is 11.8. The smallest absolute Gasteiger partial charge is 0.328 e. The van der Waals surface area contributed by atoms with Crippen molar-refractivity contribution in [1.82, 2.24) is 15.1 Å². The van der Waals surface area contributed by atoms with Crippen molar-refractivity contribution in [2.75, 3.05) is 12.3 Å². The molecule has 7 nitrogen and oxygen atoms in total. The Morgan fingerprint density at radius 1 is 1.61 bits per heavy atom. The molecular formula is C10H12N4O3S. The zero-order valence-corrected chi connectivity index (χ0v) is 10.5. The Bertz CT molecular complexity index is 511. The second kappa shape index (κ2) is 5.21. The van der Waals surface area contributed by atoms with Gasteiger partial charge in [0.2, 0.25) is 0 Å². The lowest BCUT2D eigenvalue weighted by Crippen LogP contribution is -2.27. The van der Waals surface area contributed by atoms with Crippen LogP contribution in [-0.4, -0.2) is 44.2 Å². The van der Waals surface area contributed by atoms with Gasteiger partial charge in [0.15, 0.2) is 5.17 Å². The fourth-order valence-electron chi connectivity index (χ4n) is 1.36. The number of amides is 1. The summed E-state index contributed by atoms with van der Waals surface area (Å²) in [4.78, 5) is 26.7. The molecule has 96 valence electrons. The lowest BCUT2D eigenvalue weighted by molar-refractivity contribution is -0.140. The summed E-state index contributed by atoms with van der Waals surface area (Å²) in [5, 5.41) is 15.9. The number of thioether (sulfide) groups is 1. The summed E-state index contributed by atoms with van der Waals surface area (Å²) >= 11 is 1.48. The highest BCUT2D eigenvalue weighted by atomic mass is 32.2. The van der Waals surface area contributed by atoms with E-state index in [2.05, 4.69) is 15.4 Å². The molecule has 0 saturated heterocycles. The molecule has 0 bridgehead atoms. The van der Waals surface area contributed by atoms with Crippen molar-refractivity contribution in [2.24, 2.45) is 4.99 Å². The molecule has 0 aromatic carbocycles. The zero-order valence-electron chi connectivity index (χ0n) is 9.66. The van der Waals surface area contributed by atoms with Crippen molar-refractivity contribution < 1.29 is 14.7 Å². The molecule has 18 heavy (non-hydrogen) atoms. The van der Waals surface area contributed by atoms with Crippen molar-refractivity contribution in [3.05, 3.63) is 18.0 Å². The lowest BCUT2D eigenvalue weighted by Gasteiger charge is -2.05. The van der Waals surface area contributed by atoms with E-state index in [4.69, 9.17) is 5.11 Å². The molecule has 0 aliphatic carbocycles. The molecule has 1 aromatic heterocycles. The Balaban J connectivity index is 2.05. The Morgan fingerprint density at radius 3 is 3.00 bits per heavy atom. The predicted molar refractivity (Wildman–Crippen MR) is 66.8 cm³/mol. The number of carbonyl (C=O) groups excluding carboxylic acids is 1. The van der Waals surface area contributed by atoms with E-state index in [-0.39, 0.29) is 5.91 Å². The van der Waals surface area contributed by atoms with Gasteiger partial charge in [0.25, 0.3) is 5.91 Å². The van der Waals surface area contributed by atoms with E-state index in [1.165, 1.54) is 35.8 Å². The van der Waals surface area contributed by atoms with Crippen LogP contribution in [0.4, 0.5) is 0 Å². The van der Waals surface area contributed by atoms with Gasteiger partial charge in [-0.15, -0.1) is 0 Å². The van der Waals surface area contributed by atoms with Gasteiger partial charge in [-0.05, 0) is 6.92 Å². The number of carboxylic acid groups (broad SMARTS) is 1. The van der Waals surface area contributed by atoms with Gasteiger partial charge in [-0.25, -0.2) is 4.79 Å². The number of amidine groups is 1. The van der Waals surface area contributed by atoms with Crippen LogP contribution in [0.15, 0.2) is 17.4 Å². The van der Waals surface area contributed by atoms with Crippen molar-refractivity contribution >= 4 is 28.8 Å². The third-order valence-corrected chi connectivity index (χ3v) is 3.32. The first-order valence-corrected chi connectivity index (χ1v) is 6.32. The van der Waals surface area contributed by atoms with E-state index in [0.29, 0.717) is 17.3 Å². The van der Waals surface area contributed by atoms with Gasteiger partial charge in [0, 0.05) is 11.9 Å². The lowest BCUT2D eigenvalue weighted by atomic mass is 10.3. The van der Waals surface area contributed by atoms with Crippen LogP contribution in [0.3, 0.4) is 0 Å². The first kappa shape index (κ1) is 12.6. The minimum absolute atomic E-state index is 0.318. The number of aliphatic imine (C=N–C) groups is 1. The Labute approximate surface area is 107 Å². The van der Waals surface area contributed by atoms with Crippen LogP contribution in [-0.2, 0) is 4.79 Å². The predicted octanol–water partition coefficient (Wildman–Crippen LogP) is 0.361. The van der Waals surface area contributed by atoms with Crippen molar-refractivity contribution in [1.29, 1.82) is 0 Å². The number of nitrogens with one attached hydrogen (secondary N) is 1. The van der Waals surface area contributed by atoms with Gasteiger partial charge in [-0.3, -0.25) is 14.5 Å². The fourth-order valence-corrected chi connectivity index (χ4v) is 2.08. The number of rotatable bonds is 3. The second-order valence-electron chi connectivity index (χ2n) is 3.71. The molecule has 2 heterocycles. The van der Waals surface area contributed by atoms with Gasteiger partial charge in [0.05, 0.1) is 18.3 Å². The monoisotopic (exact) mass is 268 g/mol. The Kier molecular flexibility index (Phi) is 3.66. The van der Waals surface area contributed by atoms with Crippen molar-refractivity contribution in [3.8, 4) is 0 Å². The summed E-state index contributed by atoms with van der Waals surface area (Å²) in [5.41, 5.74) is 0.318. The maximum atomic E-state index is 11.8. The summed E-state index contributed by atoms with van der Waals surface area (Å²) in [7, 11) is 0. The highest BCUT2D eigenvalue weighted by Crippen LogP contribution is 2.11. The average molecular weight is 268 g/mol. The van der Waals surface area contributed by atoms with E-state index < -0.39 is 12.0 Å². The first-order chi connectivity index (χ1) is 8.58. The van der Waals surface area contributed by atoms with E-state index >= 15 is 0 Å². The third-order valence-electron chi connectivity index (χ3n) is 2.42. The van der Waals surface area contributed by atoms with Gasteiger partial charge < -0.3 is 10.4 Å². The number of hydrogen-bond donors (Lipinski definition) is 2. The Morgan fingerprint density at radius 2 is 2.39 bits per heavy atom. The molecule has 0 radical (unpaired) electrons. The largest absolute Gasteiger partial charge is 0.480 e. The summed E-state index contributed by atoms with van der Waals surface area (Å²) < 4.78 is 1.24. The van der Waals surface area contributed by atoms with Gasteiger partial charge in [0.1, 0.15) is 6.04 Å². The van der Waals surface area contributed by atoms with E-state index in [1.54, 1.807) is 0 Å². The van der Waals surface area contributed by atoms with Gasteiger partial charge >= 0.3 is 5.97 Å². The van der Waals surface area contributed by atoms with Gasteiger partial charge in [-0.2, -0.15) is 5.10 Å². The molecule has 1 unspecified atom stereocenters. The molecule has 0 fully saturated rings. The number of carboxylic acids is 1. The van der Waals surface area contributed by atoms with E-state index in [0.717, 1.165) is 5.75 Å². The minimum Gasteiger partial charge on any atom is -0.480 e. The van der Waals surface area contributed by atoms with Crippen LogP contribution < -0.4 is 5.32 Å². The van der Waals surface area contributed by atoms with Crippen LogP contribution in [0.5, 0.6) is 0 Å². The van der Waals surface area contributed by atoms with Crippen LogP contribution in [0.25, 0.3) is 0 Å². The quantitative estimate of drug-likeness (QED) is 0.825. The molecule has 1 aliphatic rings. The fraction of sp³-hybridized carbons (Fsp3) is 0.400. The van der Waals surface area contributed by atoms with E-state index in [1.807, 2.05) is 0 Å². The van der Waals surface area contributed by atoms with Crippen molar-refractivity contribution in [3.63, 3.8) is 0 Å². The number of aromatic nitrogens is 2. The maximum Gasteiger partial charge on any atom is 0.328 e. The highest BCUT2D eigenvalue weighted by Gasteiger charge is 2.18. The molecule has 0 saturated carbocycles. The summed E-state index contributed by atoms with van der Waals surface area (Å²) in [6, 6.07) is -0.801. The van der Waals surface area contributed by atoms with Crippen LogP contribution in [0, 0.1) is 0 Å². The number of carbonyl (C=O) groups is 2. The summed E-state index contributed by atoms with van der Waals surface area (Å²) in [6.45, 7) is 2.20. The molecule has 0 spiro atoms. The average Bonchev–Trinajstić information content (AvgIpc) is 2.97. The van der Waals surface area contributed by atoms with Crippen LogP contribution in [0.1, 0.15) is 23.3 Å². The second-order valence-corrected chi connectivity index (χ2v) is 4.80. The third kappa shape index (κ3) is 2.70. The highest BCUT2D eigenvalue weighted by molar-refractivity contribution is 8.14. The normalized spacial score (nSPS) is 16.2. The summed E-state index contributed by atoms with van der Waals surface area (Å²) in [6.07, 6.45) is 2.75. The van der Waals surface area contributed by atoms with E-state index in [9.17, 15) is 9.59 Å². The Hall–Kier alpha value is -1.83. The molecule has 1 aliphatic heterocycles. The van der Waals surface area contributed by atoms with Gasteiger partial charge in [-0.1, -0.05) is 11.8 Å². The SMILES string of the molecule is CC(C(=O)O)n1cc(C(=O)NC2=NCCS2)cn1. The molecule has 1 amide bonds. The standard InChI is InChI=1S/C10H12N4O3S/c1-6(9(16)17)14-5-7(4-12-14)8(15)13-10-11-2-3-18-10/h4-6H,2-3H2,1H3,(H,16,17)(H,11,13,15). The molecule has 2 rings (SSSR count). The molecule has 8 heteroatoms. The topological polar surface area (TPSA) is 96.6 Å². The van der Waals surface area contributed by atoms with Crippen LogP contribution >= 0.6 is 11.8 Å². The minimum atomic E-state index is -0.999. The molecule has 2 N–H and O–H groups in total. The zero-order chi connectivity index (χ0) is 13.1. The number of nitrogens with zero attached hydrogens (tertiary/aromatic N) is 3.